The fraction of sp³-hybridized carbons (Fsp3) is 0.0588. The Bertz CT molecular complexity index is 925. The monoisotopic (exact) mass is 361 g/mol. The van der Waals surface area contributed by atoms with Gasteiger partial charge in [0.05, 0.1) is 11.9 Å². The van der Waals surface area contributed by atoms with Crippen LogP contribution in [-0.2, 0) is 0 Å². The smallest absolute Gasteiger partial charge is 0.205 e. The normalized spacial score (nSPS) is 12.2. The summed E-state index contributed by atoms with van der Waals surface area (Å²) in [5, 5.41) is 7.91. The van der Waals surface area contributed by atoms with Crippen LogP contribution < -0.4 is 4.80 Å². The number of hydrogen-bond donors (Lipinski definition) is 0. The van der Waals surface area contributed by atoms with Crippen molar-refractivity contribution in [2.45, 2.75) is 0 Å². The first-order valence-corrected chi connectivity index (χ1v) is 8.51. The molecule has 1 heterocycles. The Morgan fingerprint density at radius 1 is 1.09 bits per heavy atom. The van der Waals surface area contributed by atoms with Gasteiger partial charge in [-0.05, 0) is 18.2 Å². The standard InChI is InChI=1S/C17H13Cl2N3S/c1-20-17-22(21-10-13-5-2-3-8-15(13)19)16(11-23-17)12-6-4-7-14(18)9-12/h2-11H,1H3. The molecule has 3 aromatic rings. The van der Waals surface area contributed by atoms with E-state index < -0.39 is 0 Å². The second kappa shape index (κ2) is 7.13. The molecule has 0 aliphatic heterocycles. The Morgan fingerprint density at radius 3 is 2.65 bits per heavy atom. The summed E-state index contributed by atoms with van der Waals surface area (Å²) in [4.78, 5) is 5.07. The molecule has 0 atom stereocenters. The van der Waals surface area contributed by atoms with E-state index in [1.54, 1.807) is 17.9 Å². The van der Waals surface area contributed by atoms with Crippen molar-refractivity contribution in [3.05, 3.63) is 74.3 Å². The zero-order chi connectivity index (χ0) is 16.2. The zero-order valence-electron chi connectivity index (χ0n) is 12.3. The second-order valence-corrected chi connectivity index (χ2v) is 6.40. The molecular weight excluding hydrogens is 349 g/mol. The third-order valence-electron chi connectivity index (χ3n) is 3.21. The average molecular weight is 362 g/mol. The van der Waals surface area contributed by atoms with Crippen molar-refractivity contribution in [2.24, 2.45) is 10.1 Å². The predicted molar refractivity (Wildman–Crippen MR) is 98.7 cm³/mol. The highest BCUT2D eigenvalue weighted by molar-refractivity contribution is 7.07. The summed E-state index contributed by atoms with van der Waals surface area (Å²) in [7, 11) is 1.75. The predicted octanol–water partition coefficient (Wildman–Crippen LogP) is 4.94. The molecule has 3 nitrogen and oxygen atoms in total. The van der Waals surface area contributed by atoms with Gasteiger partial charge in [0.2, 0.25) is 4.80 Å². The van der Waals surface area contributed by atoms with Gasteiger partial charge in [-0.2, -0.15) is 5.10 Å². The van der Waals surface area contributed by atoms with Gasteiger partial charge in [0, 0.05) is 33.6 Å². The Hall–Kier alpha value is -1.88. The minimum absolute atomic E-state index is 0.659. The maximum Gasteiger partial charge on any atom is 0.205 e. The van der Waals surface area contributed by atoms with Crippen LogP contribution in [-0.4, -0.2) is 17.9 Å². The van der Waals surface area contributed by atoms with Crippen LogP contribution in [0.15, 0.2) is 64.0 Å². The van der Waals surface area contributed by atoms with Gasteiger partial charge in [0.25, 0.3) is 0 Å². The molecular formula is C17H13Cl2N3S. The first kappa shape index (κ1) is 16.0. The molecule has 0 amide bonds. The summed E-state index contributed by atoms with van der Waals surface area (Å²) in [6, 6.07) is 15.2. The van der Waals surface area contributed by atoms with Crippen molar-refractivity contribution >= 4 is 40.8 Å². The quantitative estimate of drug-likeness (QED) is 0.591. The van der Waals surface area contributed by atoms with Crippen molar-refractivity contribution in [3.8, 4) is 11.3 Å². The third-order valence-corrected chi connectivity index (χ3v) is 4.70. The van der Waals surface area contributed by atoms with Gasteiger partial charge in [-0.1, -0.05) is 53.5 Å². The van der Waals surface area contributed by atoms with E-state index >= 15 is 0 Å². The lowest BCUT2D eigenvalue weighted by atomic mass is 10.2. The molecule has 0 N–H and O–H groups in total. The number of thiazole rings is 1. The van der Waals surface area contributed by atoms with E-state index in [1.807, 2.05) is 53.9 Å². The molecule has 0 aliphatic carbocycles. The Balaban J connectivity index is 2.09. The number of aromatic nitrogens is 1. The minimum Gasteiger partial charge on any atom is -0.261 e. The molecule has 6 heteroatoms. The third kappa shape index (κ3) is 3.55. The van der Waals surface area contributed by atoms with Crippen molar-refractivity contribution in [1.29, 1.82) is 0 Å². The molecule has 23 heavy (non-hydrogen) atoms. The molecule has 0 aliphatic rings. The lowest BCUT2D eigenvalue weighted by Gasteiger charge is -2.04. The van der Waals surface area contributed by atoms with Crippen LogP contribution in [0.2, 0.25) is 10.0 Å². The van der Waals surface area contributed by atoms with E-state index in [1.165, 1.54) is 11.3 Å². The van der Waals surface area contributed by atoms with E-state index in [9.17, 15) is 0 Å². The van der Waals surface area contributed by atoms with Gasteiger partial charge < -0.3 is 0 Å². The molecule has 1 aromatic heterocycles. The van der Waals surface area contributed by atoms with Gasteiger partial charge in [0.1, 0.15) is 0 Å². The molecule has 3 rings (SSSR count). The Labute approximate surface area is 148 Å². The molecule has 0 radical (unpaired) electrons. The largest absolute Gasteiger partial charge is 0.261 e. The lowest BCUT2D eigenvalue weighted by Crippen LogP contribution is -2.11. The fourth-order valence-electron chi connectivity index (χ4n) is 2.11. The first-order chi connectivity index (χ1) is 11.2. The van der Waals surface area contributed by atoms with Crippen LogP contribution in [0.3, 0.4) is 0 Å². The van der Waals surface area contributed by atoms with Crippen molar-refractivity contribution in [1.82, 2.24) is 4.68 Å². The first-order valence-electron chi connectivity index (χ1n) is 6.87. The van der Waals surface area contributed by atoms with Crippen LogP contribution in [0, 0.1) is 0 Å². The topological polar surface area (TPSA) is 29.6 Å². The molecule has 0 bridgehead atoms. The number of benzene rings is 2. The van der Waals surface area contributed by atoms with E-state index in [0.717, 1.165) is 21.6 Å². The van der Waals surface area contributed by atoms with Gasteiger partial charge >= 0.3 is 0 Å². The van der Waals surface area contributed by atoms with E-state index in [2.05, 4.69) is 10.1 Å². The van der Waals surface area contributed by atoms with Gasteiger partial charge in [-0.3, -0.25) is 4.99 Å². The van der Waals surface area contributed by atoms with Crippen molar-refractivity contribution < 1.29 is 0 Å². The van der Waals surface area contributed by atoms with Gasteiger partial charge in [-0.15, -0.1) is 11.3 Å². The maximum absolute atomic E-state index is 6.18. The number of hydrogen-bond acceptors (Lipinski definition) is 3. The summed E-state index contributed by atoms with van der Waals surface area (Å²) in [5.74, 6) is 0. The number of halogens is 2. The van der Waals surface area contributed by atoms with Crippen LogP contribution in [0.5, 0.6) is 0 Å². The Morgan fingerprint density at radius 2 is 1.91 bits per heavy atom. The highest BCUT2D eigenvalue weighted by Crippen LogP contribution is 2.23. The van der Waals surface area contributed by atoms with Crippen LogP contribution in [0.1, 0.15) is 5.56 Å². The highest BCUT2D eigenvalue weighted by atomic mass is 35.5. The van der Waals surface area contributed by atoms with Crippen molar-refractivity contribution in [2.75, 3.05) is 7.05 Å². The molecule has 0 spiro atoms. The highest BCUT2D eigenvalue weighted by Gasteiger charge is 2.07. The van der Waals surface area contributed by atoms with E-state index in [4.69, 9.17) is 23.2 Å². The number of rotatable bonds is 3. The van der Waals surface area contributed by atoms with Crippen LogP contribution in [0.25, 0.3) is 11.3 Å². The molecule has 0 saturated carbocycles. The molecule has 2 aromatic carbocycles. The number of nitrogens with zero attached hydrogens (tertiary/aromatic N) is 3. The summed E-state index contributed by atoms with van der Waals surface area (Å²) in [5.41, 5.74) is 2.77. The van der Waals surface area contributed by atoms with Gasteiger partial charge in [-0.25, -0.2) is 4.68 Å². The van der Waals surface area contributed by atoms with E-state index in [-0.39, 0.29) is 0 Å². The van der Waals surface area contributed by atoms with E-state index in [0.29, 0.717) is 10.0 Å². The molecule has 0 saturated heterocycles. The van der Waals surface area contributed by atoms with Gasteiger partial charge in [0.15, 0.2) is 0 Å². The van der Waals surface area contributed by atoms with Crippen molar-refractivity contribution in [3.63, 3.8) is 0 Å². The zero-order valence-corrected chi connectivity index (χ0v) is 14.6. The molecule has 0 fully saturated rings. The summed E-state index contributed by atoms with van der Waals surface area (Å²) >= 11 is 13.8. The summed E-state index contributed by atoms with van der Waals surface area (Å²) < 4.78 is 1.79. The summed E-state index contributed by atoms with van der Waals surface area (Å²) in [6.07, 6.45) is 1.73. The average Bonchev–Trinajstić information content (AvgIpc) is 2.97. The van der Waals surface area contributed by atoms with Crippen LogP contribution >= 0.6 is 34.5 Å². The fourth-order valence-corrected chi connectivity index (χ4v) is 3.29. The Kier molecular flexibility index (Phi) is 4.96. The molecule has 0 unspecified atom stereocenters. The lowest BCUT2D eigenvalue weighted by molar-refractivity contribution is 0.848. The minimum atomic E-state index is 0.659. The maximum atomic E-state index is 6.18. The second-order valence-electron chi connectivity index (χ2n) is 4.72. The molecule has 116 valence electrons. The SMILES string of the molecule is CN=c1scc(-c2cccc(Cl)c2)n1N=Cc1ccccc1Cl. The summed E-state index contributed by atoms with van der Waals surface area (Å²) in [6.45, 7) is 0. The van der Waals surface area contributed by atoms with Crippen LogP contribution in [0.4, 0.5) is 0 Å².